The first-order valence-corrected chi connectivity index (χ1v) is 8.65. The molecule has 0 saturated carbocycles. The molecule has 2 N–H and O–H groups in total. The zero-order valence-electron chi connectivity index (χ0n) is 14.3. The van der Waals surface area contributed by atoms with Crippen molar-refractivity contribution in [2.24, 2.45) is 4.99 Å². The van der Waals surface area contributed by atoms with Crippen molar-refractivity contribution in [1.29, 1.82) is 0 Å². The molecule has 1 aromatic carbocycles. The molecule has 0 aliphatic heterocycles. The number of thioether (sulfide) groups is 1. The first-order valence-electron chi connectivity index (χ1n) is 7.43. The van der Waals surface area contributed by atoms with Gasteiger partial charge in [-0.15, -0.1) is 35.7 Å². The molecule has 0 unspecified atom stereocenters. The van der Waals surface area contributed by atoms with Gasteiger partial charge in [-0.3, -0.25) is 9.56 Å². The van der Waals surface area contributed by atoms with Gasteiger partial charge in [0.25, 0.3) is 0 Å². The summed E-state index contributed by atoms with van der Waals surface area (Å²) in [6.07, 6.45) is 4.65. The van der Waals surface area contributed by atoms with Crippen LogP contribution in [0, 0.1) is 6.92 Å². The number of rotatable bonds is 6. The van der Waals surface area contributed by atoms with Crippen molar-refractivity contribution in [2.75, 3.05) is 13.3 Å². The third kappa shape index (κ3) is 6.14. The van der Waals surface area contributed by atoms with Crippen LogP contribution in [0.5, 0.6) is 0 Å². The highest BCUT2D eigenvalue weighted by Crippen LogP contribution is 2.21. The smallest absolute Gasteiger partial charge is 0.319 e. The number of imidazole rings is 1. The van der Waals surface area contributed by atoms with E-state index in [0.717, 1.165) is 10.1 Å². The summed E-state index contributed by atoms with van der Waals surface area (Å²) in [4.78, 5) is 9.25. The summed E-state index contributed by atoms with van der Waals surface area (Å²) in [5.74, 6) is 0.791. The second kappa shape index (κ2) is 10.6. The Morgan fingerprint density at radius 1 is 1.32 bits per heavy atom. The Labute approximate surface area is 167 Å². The molecule has 0 amide bonds. The number of aryl methyl sites for hydroxylation is 1. The Hall–Kier alpha value is -1.36. The first kappa shape index (κ1) is 21.7. The fourth-order valence-corrected chi connectivity index (χ4v) is 2.92. The van der Waals surface area contributed by atoms with Crippen LogP contribution in [0.1, 0.15) is 23.5 Å². The number of halogens is 3. The van der Waals surface area contributed by atoms with E-state index in [0.29, 0.717) is 12.5 Å². The molecule has 9 heteroatoms. The van der Waals surface area contributed by atoms with Gasteiger partial charge in [0.15, 0.2) is 5.96 Å². The molecule has 0 fully saturated rings. The fourth-order valence-electron chi connectivity index (χ4n) is 2.22. The molecule has 5 nitrogen and oxygen atoms in total. The van der Waals surface area contributed by atoms with Crippen LogP contribution in [0.3, 0.4) is 0 Å². The van der Waals surface area contributed by atoms with Gasteiger partial charge in [0.1, 0.15) is 5.82 Å². The Bertz CT molecular complexity index is 706. The third-order valence-corrected chi connectivity index (χ3v) is 4.31. The number of hydrogen-bond acceptors (Lipinski definition) is 3. The molecule has 138 valence electrons. The van der Waals surface area contributed by atoms with Gasteiger partial charge in [0.05, 0.1) is 6.54 Å². The van der Waals surface area contributed by atoms with Crippen LogP contribution in [0.25, 0.3) is 0 Å². The van der Waals surface area contributed by atoms with Crippen molar-refractivity contribution >= 4 is 41.7 Å². The summed E-state index contributed by atoms with van der Waals surface area (Å²) in [7, 11) is 1.64. The monoisotopic (exact) mass is 481 g/mol. The average Bonchev–Trinajstić information content (AvgIpc) is 3.04. The number of guanidine groups is 1. The minimum absolute atomic E-state index is 0. The van der Waals surface area contributed by atoms with Crippen LogP contribution in [0.2, 0.25) is 0 Å². The van der Waals surface area contributed by atoms with Crippen molar-refractivity contribution in [1.82, 2.24) is 20.2 Å². The SMILES string of the molecule is CN=C(NCc1ccc(C)cc1SC)NCc1nccn1C(F)F.I. The van der Waals surface area contributed by atoms with Crippen LogP contribution >= 0.6 is 35.7 Å². The summed E-state index contributed by atoms with van der Waals surface area (Å²) < 4.78 is 26.4. The van der Waals surface area contributed by atoms with Crippen LogP contribution in [0.4, 0.5) is 8.78 Å². The second-order valence-corrected chi connectivity index (χ2v) is 5.97. The van der Waals surface area contributed by atoms with Crippen molar-refractivity contribution in [3.8, 4) is 0 Å². The van der Waals surface area contributed by atoms with E-state index in [4.69, 9.17) is 0 Å². The molecule has 0 saturated heterocycles. The summed E-state index contributed by atoms with van der Waals surface area (Å²) in [5, 5.41) is 6.19. The van der Waals surface area contributed by atoms with Gasteiger partial charge in [-0.05, 0) is 30.4 Å². The maximum atomic E-state index is 12.8. The number of alkyl halides is 2. The molecule has 2 aromatic rings. The van der Waals surface area contributed by atoms with E-state index in [1.807, 2.05) is 6.26 Å². The molecular formula is C16H22F2IN5S. The largest absolute Gasteiger partial charge is 0.352 e. The lowest BCUT2D eigenvalue weighted by Gasteiger charge is -2.14. The number of aromatic nitrogens is 2. The normalized spacial score (nSPS) is 11.4. The maximum absolute atomic E-state index is 12.8. The molecule has 0 radical (unpaired) electrons. The molecule has 0 bridgehead atoms. The molecule has 0 aliphatic carbocycles. The zero-order chi connectivity index (χ0) is 17.5. The molecule has 0 spiro atoms. The summed E-state index contributed by atoms with van der Waals surface area (Å²) in [6, 6.07) is 6.27. The Morgan fingerprint density at radius 2 is 2.04 bits per heavy atom. The predicted molar refractivity (Wildman–Crippen MR) is 109 cm³/mol. The highest BCUT2D eigenvalue weighted by Gasteiger charge is 2.11. The second-order valence-electron chi connectivity index (χ2n) is 5.12. The lowest BCUT2D eigenvalue weighted by Crippen LogP contribution is -2.37. The van der Waals surface area contributed by atoms with E-state index in [2.05, 4.69) is 45.7 Å². The lowest BCUT2D eigenvalue weighted by molar-refractivity contribution is 0.0668. The Balaban J connectivity index is 0.00000312. The average molecular weight is 481 g/mol. The van der Waals surface area contributed by atoms with Crippen LogP contribution < -0.4 is 10.6 Å². The van der Waals surface area contributed by atoms with Crippen molar-refractivity contribution < 1.29 is 8.78 Å². The summed E-state index contributed by atoms with van der Waals surface area (Å²) in [5.41, 5.74) is 2.37. The van der Waals surface area contributed by atoms with E-state index < -0.39 is 6.55 Å². The first-order chi connectivity index (χ1) is 11.5. The van der Waals surface area contributed by atoms with Crippen LogP contribution in [0.15, 0.2) is 40.5 Å². The van der Waals surface area contributed by atoms with Gasteiger partial charge in [-0.25, -0.2) is 4.98 Å². The predicted octanol–water partition coefficient (Wildman–Crippen LogP) is 3.79. The molecular weight excluding hydrogens is 459 g/mol. The zero-order valence-corrected chi connectivity index (χ0v) is 17.4. The number of aliphatic imine (C=N–C) groups is 1. The Kier molecular flexibility index (Phi) is 9.19. The molecule has 0 aliphatic rings. The Morgan fingerprint density at radius 3 is 2.68 bits per heavy atom. The summed E-state index contributed by atoms with van der Waals surface area (Å²) in [6.45, 7) is 0.221. The van der Waals surface area contributed by atoms with Gasteiger partial charge in [-0.2, -0.15) is 8.78 Å². The number of nitrogens with one attached hydrogen (secondary N) is 2. The summed E-state index contributed by atoms with van der Waals surface area (Å²) >= 11 is 1.69. The van der Waals surface area contributed by atoms with Crippen molar-refractivity contribution in [2.45, 2.75) is 31.5 Å². The lowest BCUT2D eigenvalue weighted by atomic mass is 10.1. The topological polar surface area (TPSA) is 54.2 Å². The van der Waals surface area contributed by atoms with Crippen molar-refractivity contribution in [3.63, 3.8) is 0 Å². The highest BCUT2D eigenvalue weighted by atomic mass is 127. The maximum Gasteiger partial charge on any atom is 0.319 e. The quantitative estimate of drug-likeness (QED) is 0.286. The van der Waals surface area contributed by atoms with Gasteiger partial charge in [0.2, 0.25) is 0 Å². The van der Waals surface area contributed by atoms with E-state index in [9.17, 15) is 8.78 Å². The molecule has 0 atom stereocenters. The molecule has 25 heavy (non-hydrogen) atoms. The third-order valence-electron chi connectivity index (χ3n) is 3.49. The number of benzene rings is 1. The standard InChI is InChI=1S/C16H21F2N5S.HI/c1-11-4-5-12(13(8-11)24-3)9-21-16(19-2)22-10-14-20-6-7-23(14)15(17)18;/h4-8,15H,9-10H2,1-3H3,(H2,19,21,22);1H. The molecule has 1 heterocycles. The van der Waals surface area contributed by atoms with Crippen LogP contribution in [-0.4, -0.2) is 28.8 Å². The van der Waals surface area contributed by atoms with Gasteiger partial charge in [0, 0.05) is 30.9 Å². The molecule has 2 rings (SSSR count). The van der Waals surface area contributed by atoms with Gasteiger partial charge in [-0.1, -0.05) is 12.1 Å². The van der Waals surface area contributed by atoms with Crippen molar-refractivity contribution in [3.05, 3.63) is 47.5 Å². The van der Waals surface area contributed by atoms with E-state index >= 15 is 0 Å². The minimum atomic E-state index is -2.60. The number of nitrogens with zero attached hydrogens (tertiary/aromatic N) is 3. The van der Waals surface area contributed by atoms with Gasteiger partial charge >= 0.3 is 6.55 Å². The van der Waals surface area contributed by atoms with E-state index in [1.165, 1.54) is 22.9 Å². The number of hydrogen-bond donors (Lipinski definition) is 2. The van der Waals surface area contributed by atoms with Crippen LogP contribution in [-0.2, 0) is 13.1 Å². The highest BCUT2D eigenvalue weighted by molar-refractivity contribution is 14.0. The van der Waals surface area contributed by atoms with Gasteiger partial charge < -0.3 is 10.6 Å². The molecule has 1 aromatic heterocycles. The van der Waals surface area contributed by atoms with E-state index in [-0.39, 0.29) is 36.3 Å². The van der Waals surface area contributed by atoms with E-state index in [1.54, 1.807) is 18.8 Å². The fraction of sp³-hybridized carbons (Fsp3) is 0.375. The minimum Gasteiger partial charge on any atom is -0.352 e.